The Morgan fingerprint density at radius 3 is 1.42 bits per heavy atom. The molecular formula is C33H33N5. The van der Waals surface area contributed by atoms with Gasteiger partial charge in [-0.15, -0.1) is 0 Å². The molecule has 0 spiro atoms. The molecule has 0 aromatic carbocycles. The third kappa shape index (κ3) is 3.99. The Labute approximate surface area is 223 Å². The molecule has 5 nitrogen and oxygen atoms in total. The monoisotopic (exact) mass is 499 g/mol. The Bertz CT molecular complexity index is 1690. The van der Waals surface area contributed by atoms with Crippen molar-refractivity contribution < 1.29 is 0 Å². The third-order valence-corrected chi connectivity index (χ3v) is 7.97. The van der Waals surface area contributed by atoms with Gasteiger partial charge in [0.2, 0.25) is 0 Å². The summed E-state index contributed by atoms with van der Waals surface area (Å²) in [4.78, 5) is 22.3. The van der Waals surface area contributed by atoms with E-state index in [-0.39, 0.29) is 0 Å². The molecule has 2 N–H and O–H groups in total. The second kappa shape index (κ2) is 9.25. The summed E-state index contributed by atoms with van der Waals surface area (Å²) < 4.78 is 0. The predicted octanol–water partition coefficient (Wildman–Crippen LogP) is 8.62. The molecule has 190 valence electrons. The van der Waals surface area contributed by atoms with Crippen molar-refractivity contribution in [1.29, 1.82) is 0 Å². The number of H-pyrrole nitrogens is 2. The average molecular weight is 500 g/mol. The molecular weight excluding hydrogens is 466 g/mol. The second-order valence-electron chi connectivity index (χ2n) is 10.2. The molecule has 3 aromatic heterocycles. The van der Waals surface area contributed by atoms with E-state index in [1.165, 1.54) is 22.3 Å². The van der Waals surface area contributed by atoms with Crippen LogP contribution in [0.2, 0.25) is 0 Å². The van der Waals surface area contributed by atoms with Gasteiger partial charge in [0.05, 0.1) is 34.2 Å². The number of aryl methyl sites for hydroxylation is 2. The first-order chi connectivity index (χ1) is 18.4. The maximum absolute atomic E-state index is 5.07. The van der Waals surface area contributed by atoms with E-state index in [1.54, 1.807) is 0 Å². The first-order valence-corrected chi connectivity index (χ1v) is 13.4. The quantitative estimate of drug-likeness (QED) is 0.290. The summed E-state index contributed by atoms with van der Waals surface area (Å²) in [5.74, 6) is 0. The van der Waals surface area contributed by atoms with Crippen LogP contribution in [-0.2, 0) is 0 Å². The van der Waals surface area contributed by atoms with Crippen molar-refractivity contribution in [3.63, 3.8) is 0 Å². The SMILES string of the molecule is CCC1=C(C)c2cc3nc(cc4ccc([nH]4)c(C)c4nc(c(C)c5ccc(cc1n2)[nH]5)C=C4)C(CC)=C3C. The predicted molar refractivity (Wildman–Crippen MR) is 160 cm³/mol. The molecule has 3 aliphatic heterocycles. The van der Waals surface area contributed by atoms with E-state index in [0.717, 1.165) is 80.2 Å². The van der Waals surface area contributed by atoms with E-state index >= 15 is 0 Å². The van der Waals surface area contributed by atoms with Gasteiger partial charge in [-0.25, -0.2) is 15.0 Å². The molecule has 10 bridgehead atoms. The van der Waals surface area contributed by atoms with Crippen LogP contribution in [0.5, 0.6) is 0 Å². The summed E-state index contributed by atoms with van der Waals surface area (Å²) in [6.07, 6.45) is 6.05. The van der Waals surface area contributed by atoms with Gasteiger partial charge in [0, 0.05) is 22.1 Å². The van der Waals surface area contributed by atoms with Crippen molar-refractivity contribution in [1.82, 2.24) is 24.9 Å². The zero-order valence-corrected chi connectivity index (χ0v) is 23.0. The Balaban J connectivity index is 1.72. The summed E-state index contributed by atoms with van der Waals surface area (Å²) in [6.45, 7) is 13.0. The fourth-order valence-corrected chi connectivity index (χ4v) is 5.58. The van der Waals surface area contributed by atoms with E-state index in [0.29, 0.717) is 0 Å². The Morgan fingerprint density at radius 2 is 1.00 bits per heavy atom. The zero-order valence-electron chi connectivity index (χ0n) is 23.0. The van der Waals surface area contributed by atoms with Gasteiger partial charge in [0.15, 0.2) is 0 Å². The minimum atomic E-state index is 0.926. The van der Waals surface area contributed by atoms with Crippen molar-refractivity contribution in [3.05, 3.63) is 87.8 Å². The highest BCUT2D eigenvalue weighted by atomic mass is 14.8. The van der Waals surface area contributed by atoms with Crippen molar-refractivity contribution in [2.75, 3.05) is 0 Å². The first-order valence-electron chi connectivity index (χ1n) is 13.4. The molecule has 3 aromatic rings. The molecule has 0 fully saturated rings. The van der Waals surface area contributed by atoms with Crippen LogP contribution in [-0.4, -0.2) is 24.9 Å². The minimum absolute atomic E-state index is 0.926. The normalized spacial score (nSPS) is 13.9. The second-order valence-corrected chi connectivity index (χ2v) is 10.2. The number of fused-ring (bicyclic) bond motifs is 10. The van der Waals surface area contributed by atoms with E-state index < -0.39 is 0 Å². The molecule has 3 aliphatic rings. The number of nitrogens with zero attached hydrogens (tertiary/aromatic N) is 3. The van der Waals surface area contributed by atoms with E-state index in [9.17, 15) is 0 Å². The highest BCUT2D eigenvalue weighted by molar-refractivity contribution is 5.95. The van der Waals surface area contributed by atoms with Crippen LogP contribution < -0.4 is 0 Å². The lowest BCUT2D eigenvalue weighted by Gasteiger charge is -2.00. The molecule has 0 unspecified atom stereocenters. The Hall–Kier alpha value is -4.25. The molecule has 0 aliphatic carbocycles. The summed E-state index contributed by atoms with van der Waals surface area (Å²) in [6, 6.07) is 15.0. The van der Waals surface area contributed by atoms with Crippen molar-refractivity contribution in [2.24, 2.45) is 0 Å². The molecule has 6 rings (SSSR count). The van der Waals surface area contributed by atoms with E-state index in [2.05, 4.69) is 106 Å². The summed E-state index contributed by atoms with van der Waals surface area (Å²) in [7, 11) is 0. The van der Waals surface area contributed by atoms with Gasteiger partial charge in [0.1, 0.15) is 0 Å². The average Bonchev–Trinajstić information content (AvgIpc) is 3.72. The number of rotatable bonds is 2. The molecule has 38 heavy (non-hydrogen) atoms. The number of hydrogen-bond donors (Lipinski definition) is 2. The van der Waals surface area contributed by atoms with Crippen molar-refractivity contribution >= 4 is 56.5 Å². The van der Waals surface area contributed by atoms with Crippen LogP contribution in [0.3, 0.4) is 0 Å². The summed E-state index contributed by atoms with van der Waals surface area (Å²) in [5.41, 5.74) is 17.4. The fraction of sp³-hybridized carbons (Fsp3) is 0.242. The smallest absolute Gasteiger partial charge is 0.0693 e. The standard InChI is InChI=1S/C33H33N5/c1-7-24-18(3)30-17-31-19(4)25(8-2)33(38-31)16-23-10-12-27(35-23)21(6)29-14-13-28(36-29)20(5)26-11-9-22(34-26)15-32(24)37-30/h9-17,34-35H,7-8H2,1-6H3. The highest BCUT2D eigenvalue weighted by Gasteiger charge is 2.19. The maximum atomic E-state index is 5.07. The van der Waals surface area contributed by atoms with Crippen LogP contribution in [0.1, 0.15) is 85.8 Å². The van der Waals surface area contributed by atoms with Crippen molar-refractivity contribution in [3.8, 4) is 0 Å². The summed E-state index contributed by atoms with van der Waals surface area (Å²) >= 11 is 0. The molecule has 0 amide bonds. The van der Waals surface area contributed by atoms with Gasteiger partial charge in [-0.05, 0) is 129 Å². The van der Waals surface area contributed by atoms with Gasteiger partial charge >= 0.3 is 0 Å². The number of aromatic amines is 2. The maximum Gasteiger partial charge on any atom is 0.0693 e. The van der Waals surface area contributed by atoms with Gasteiger partial charge in [-0.3, -0.25) is 0 Å². The molecule has 0 saturated carbocycles. The molecule has 6 heterocycles. The first kappa shape index (κ1) is 24.1. The number of allylic oxidation sites excluding steroid dienone is 4. The molecule has 5 heteroatoms. The van der Waals surface area contributed by atoms with E-state index in [1.807, 2.05) is 0 Å². The molecule has 0 saturated heterocycles. The number of hydrogen-bond acceptors (Lipinski definition) is 3. The van der Waals surface area contributed by atoms with Gasteiger partial charge in [-0.2, -0.15) is 0 Å². The topological polar surface area (TPSA) is 70.2 Å². The Morgan fingerprint density at radius 1 is 0.553 bits per heavy atom. The lowest BCUT2D eigenvalue weighted by Crippen LogP contribution is -1.84. The van der Waals surface area contributed by atoms with Crippen LogP contribution in [0, 0.1) is 13.8 Å². The van der Waals surface area contributed by atoms with Crippen LogP contribution in [0.25, 0.3) is 56.5 Å². The summed E-state index contributed by atoms with van der Waals surface area (Å²) in [5, 5.41) is 0. The number of nitrogens with one attached hydrogen (secondary N) is 2. The zero-order chi connectivity index (χ0) is 26.6. The lowest BCUT2D eigenvalue weighted by molar-refractivity contribution is 1.20. The number of aromatic nitrogens is 5. The fourth-order valence-electron chi connectivity index (χ4n) is 5.58. The minimum Gasteiger partial charge on any atom is -0.355 e. The van der Waals surface area contributed by atoms with Crippen LogP contribution in [0.4, 0.5) is 0 Å². The lowest BCUT2D eigenvalue weighted by atomic mass is 10.0. The van der Waals surface area contributed by atoms with Gasteiger partial charge in [0.25, 0.3) is 0 Å². The van der Waals surface area contributed by atoms with Gasteiger partial charge < -0.3 is 9.97 Å². The van der Waals surface area contributed by atoms with Crippen LogP contribution >= 0.6 is 0 Å². The third-order valence-electron chi connectivity index (χ3n) is 7.97. The molecule has 0 atom stereocenters. The van der Waals surface area contributed by atoms with Gasteiger partial charge in [-0.1, -0.05) is 13.8 Å². The Kier molecular flexibility index (Phi) is 5.87. The van der Waals surface area contributed by atoms with Crippen molar-refractivity contribution in [2.45, 2.75) is 54.4 Å². The molecule has 0 radical (unpaired) electrons. The highest BCUT2D eigenvalue weighted by Crippen LogP contribution is 2.35. The largest absolute Gasteiger partial charge is 0.355 e. The van der Waals surface area contributed by atoms with E-state index in [4.69, 9.17) is 15.0 Å². The van der Waals surface area contributed by atoms with Crippen LogP contribution in [0.15, 0.2) is 42.5 Å².